The van der Waals surface area contributed by atoms with Crippen LogP contribution < -0.4 is 9.47 Å². The average Bonchev–Trinajstić information content (AvgIpc) is 2.75. The number of carbonyl (C=O) groups is 1. The zero-order valence-corrected chi connectivity index (χ0v) is 13.4. The Balaban J connectivity index is 2.30. The van der Waals surface area contributed by atoms with Gasteiger partial charge in [-0.2, -0.15) is 0 Å². The lowest BCUT2D eigenvalue weighted by molar-refractivity contribution is -0.121. The highest BCUT2D eigenvalue weighted by molar-refractivity contribution is 8.26. The van der Waals surface area contributed by atoms with E-state index in [1.165, 1.54) is 16.7 Å². The monoisotopic (exact) mass is 321 g/mol. The molecule has 6 heteroatoms. The number of nitrogens with zero attached hydrogens (tertiary/aromatic N) is 1. The van der Waals surface area contributed by atoms with Crippen molar-refractivity contribution in [2.45, 2.75) is 0 Å². The Labute approximate surface area is 133 Å². The summed E-state index contributed by atoms with van der Waals surface area (Å²) in [6.45, 7) is 4.06. The van der Waals surface area contributed by atoms with Crippen LogP contribution in [0, 0.1) is 0 Å². The number of methoxy groups -OCH3 is 2. The molecule has 0 bridgehead atoms. The molecule has 1 aromatic rings. The van der Waals surface area contributed by atoms with Crippen molar-refractivity contribution in [2.24, 2.45) is 0 Å². The molecule has 1 heterocycles. The van der Waals surface area contributed by atoms with Crippen LogP contribution in [0.1, 0.15) is 5.56 Å². The summed E-state index contributed by atoms with van der Waals surface area (Å²) in [5.74, 6) is 1.17. The molecule has 2 rings (SSSR count). The molecule has 0 atom stereocenters. The quantitative estimate of drug-likeness (QED) is 0.473. The summed E-state index contributed by atoms with van der Waals surface area (Å²) in [6, 6.07) is 5.48. The normalized spacial score (nSPS) is 16.5. The summed E-state index contributed by atoms with van der Waals surface area (Å²) in [5.41, 5.74) is 0.853. The molecule has 1 fully saturated rings. The second-order valence-corrected chi connectivity index (χ2v) is 5.87. The third-order valence-electron chi connectivity index (χ3n) is 2.89. The molecule has 0 aliphatic carbocycles. The summed E-state index contributed by atoms with van der Waals surface area (Å²) < 4.78 is 11.0. The van der Waals surface area contributed by atoms with Crippen LogP contribution in [0.25, 0.3) is 6.08 Å². The largest absolute Gasteiger partial charge is 0.493 e. The van der Waals surface area contributed by atoms with E-state index < -0.39 is 0 Å². The molecule has 1 aromatic carbocycles. The third kappa shape index (κ3) is 3.28. The molecule has 1 amide bonds. The first-order valence-electron chi connectivity index (χ1n) is 6.19. The van der Waals surface area contributed by atoms with Crippen molar-refractivity contribution in [3.63, 3.8) is 0 Å². The molecule has 0 spiro atoms. The predicted octanol–water partition coefficient (Wildman–Crippen LogP) is 3.09. The van der Waals surface area contributed by atoms with Gasteiger partial charge >= 0.3 is 0 Å². The number of hydrogen-bond donors (Lipinski definition) is 0. The maximum atomic E-state index is 12.2. The Bertz CT molecular complexity index is 625. The van der Waals surface area contributed by atoms with Gasteiger partial charge in [0.1, 0.15) is 4.32 Å². The van der Waals surface area contributed by atoms with Gasteiger partial charge in [-0.15, -0.1) is 6.58 Å². The van der Waals surface area contributed by atoms with E-state index in [1.807, 2.05) is 12.1 Å². The van der Waals surface area contributed by atoms with Crippen molar-refractivity contribution in [1.82, 2.24) is 4.90 Å². The Hall–Kier alpha value is -1.79. The van der Waals surface area contributed by atoms with Crippen molar-refractivity contribution < 1.29 is 14.3 Å². The number of carbonyl (C=O) groups excluding carboxylic acids is 1. The highest BCUT2D eigenvalue weighted by atomic mass is 32.2. The van der Waals surface area contributed by atoms with Gasteiger partial charge in [0.2, 0.25) is 0 Å². The van der Waals surface area contributed by atoms with Crippen LogP contribution >= 0.6 is 24.0 Å². The highest BCUT2D eigenvalue weighted by Gasteiger charge is 2.30. The molecule has 0 unspecified atom stereocenters. The minimum absolute atomic E-state index is 0.0975. The molecular weight excluding hydrogens is 306 g/mol. The van der Waals surface area contributed by atoms with E-state index >= 15 is 0 Å². The zero-order chi connectivity index (χ0) is 15.4. The molecule has 0 aromatic heterocycles. The number of thioether (sulfide) groups is 1. The Morgan fingerprint density at radius 3 is 2.67 bits per heavy atom. The van der Waals surface area contributed by atoms with Crippen molar-refractivity contribution in [3.8, 4) is 11.5 Å². The molecular formula is C15H15NO3S2. The molecule has 110 valence electrons. The molecule has 0 N–H and O–H groups in total. The first-order valence-corrected chi connectivity index (χ1v) is 7.41. The lowest BCUT2D eigenvalue weighted by atomic mass is 10.2. The van der Waals surface area contributed by atoms with Gasteiger partial charge in [0.15, 0.2) is 11.5 Å². The lowest BCUT2D eigenvalue weighted by Crippen LogP contribution is -2.27. The van der Waals surface area contributed by atoms with E-state index in [-0.39, 0.29) is 5.91 Å². The van der Waals surface area contributed by atoms with Crippen molar-refractivity contribution in [1.29, 1.82) is 0 Å². The highest BCUT2D eigenvalue weighted by Crippen LogP contribution is 2.34. The van der Waals surface area contributed by atoms with Crippen LogP contribution in [0.3, 0.4) is 0 Å². The van der Waals surface area contributed by atoms with E-state index in [9.17, 15) is 4.79 Å². The van der Waals surface area contributed by atoms with Crippen LogP contribution in [0.15, 0.2) is 35.8 Å². The Kier molecular flexibility index (Phi) is 5.03. The van der Waals surface area contributed by atoms with Gasteiger partial charge in [0.25, 0.3) is 5.91 Å². The van der Waals surface area contributed by atoms with Gasteiger partial charge in [-0.25, -0.2) is 0 Å². The number of amides is 1. The minimum Gasteiger partial charge on any atom is -0.493 e. The predicted molar refractivity (Wildman–Crippen MR) is 89.6 cm³/mol. The van der Waals surface area contributed by atoms with E-state index in [4.69, 9.17) is 21.7 Å². The second-order valence-electron chi connectivity index (χ2n) is 4.20. The maximum absolute atomic E-state index is 12.2. The standard InChI is InChI=1S/C15H15NO3S2/c1-4-7-16-14(17)13(21-15(16)20)9-10-5-6-11(18-2)12(8-10)19-3/h4-6,8-9H,1,7H2,2-3H3/b13-9-. The van der Waals surface area contributed by atoms with Crippen LogP contribution in [-0.2, 0) is 4.79 Å². The van der Waals surface area contributed by atoms with E-state index in [0.29, 0.717) is 27.3 Å². The van der Waals surface area contributed by atoms with E-state index in [1.54, 1.807) is 32.4 Å². The molecule has 1 saturated heterocycles. The van der Waals surface area contributed by atoms with Gasteiger partial charge in [-0.05, 0) is 23.8 Å². The number of rotatable bonds is 5. The first-order chi connectivity index (χ1) is 10.1. The number of hydrogen-bond acceptors (Lipinski definition) is 5. The van der Waals surface area contributed by atoms with Gasteiger partial charge in [-0.1, -0.05) is 36.1 Å². The van der Waals surface area contributed by atoms with Crippen LogP contribution in [0.2, 0.25) is 0 Å². The van der Waals surface area contributed by atoms with Gasteiger partial charge in [0, 0.05) is 6.54 Å². The van der Waals surface area contributed by atoms with Crippen molar-refractivity contribution in [2.75, 3.05) is 20.8 Å². The Morgan fingerprint density at radius 1 is 1.33 bits per heavy atom. The van der Waals surface area contributed by atoms with Crippen LogP contribution in [0.4, 0.5) is 0 Å². The number of ether oxygens (including phenoxy) is 2. The lowest BCUT2D eigenvalue weighted by Gasteiger charge is -2.10. The third-order valence-corrected chi connectivity index (χ3v) is 4.27. The van der Waals surface area contributed by atoms with Gasteiger partial charge in [-0.3, -0.25) is 9.69 Å². The molecule has 4 nitrogen and oxygen atoms in total. The first kappa shape index (κ1) is 15.6. The fourth-order valence-electron chi connectivity index (χ4n) is 1.88. The van der Waals surface area contributed by atoms with Crippen LogP contribution in [-0.4, -0.2) is 35.9 Å². The maximum Gasteiger partial charge on any atom is 0.266 e. The molecule has 1 aliphatic heterocycles. The topological polar surface area (TPSA) is 38.8 Å². The zero-order valence-electron chi connectivity index (χ0n) is 11.8. The molecule has 0 radical (unpaired) electrons. The van der Waals surface area contributed by atoms with Crippen LogP contribution in [0.5, 0.6) is 11.5 Å². The second kappa shape index (κ2) is 6.78. The van der Waals surface area contributed by atoms with Crippen molar-refractivity contribution in [3.05, 3.63) is 41.3 Å². The average molecular weight is 321 g/mol. The fraction of sp³-hybridized carbons (Fsp3) is 0.200. The summed E-state index contributed by atoms with van der Waals surface area (Å²) in [6.07, 6.45) is 3.45. The van der Waals surface area contributed by atoms with E-state index in [2.05, 4.69) is 6.58 Å². The molecule has 21 heavy (non-hydrogen) atoms. The molecule has 0 saturated carbocycles. The minimum atomic E-state index is -0.0975. The van der Waals surface area contributed by atoms with E-state index in [0.717, 1.165) is 5.56 Å². The fourth-order valence-corrected chi connectivity index (χ4v) is 3.16. The van der Waals surface area contributed by atoms with Gasteiger partial charge < -0.3 is 9.47 Å². The van der Waals surface area contributed by atoms with Crippen molar-refractivity contribution >= 4 is 40.3 Å². The number of benzene rings is 1. The summed E-state index contributed by atoms with van der Waals surface area (Å²) in [7, 11) is 3.16. The summed E-state index contributed by atoms with van der Waals surface area (Å²) >= 11 is 6.49. The SMILES string of the molecule is C=CCN1C(=O)/C(=C/c2ccc(OC)c(OC)c2)SC1=S. The summed E-state index contributed by atoms with van der Waals surface area (Å²) in [5, 5.41) is 0. The number of thiocarbonyl (C=S) groups is 1. The smallest absolute Gasteiger partial charge is 0.266 e. The summed E-state index contributed by atoms with van der Waals surface area (Å²) in [4.78, 5) is 14.4. The van der Waals surface area contributed by atoms with Gasteiger partial charge in [0.05, 0.1) is 19.1 Å². The molecule has 1 aliphatic rings. The Morgan fingerprint density at radius 2 is 2.05 bits per heavy atom.